The first kappa shape index (κ1) is 25.4. The summed E-state index contributed by atoms with van der Waals surface area (Å²) in [5.41, 5.74) is 2.51. The summed E-state index contributed by atoms with van der Waals surface area (Å²) in [4.78, 5) is 38.4. The molecule has 1 aliphatic heterocycles. The number of amides is 1. The highest BCUT2D eigenvalue weighted by atomic mass is 16.5. The van der Waals surface area contributed by atoms with Crippen LogP contribution in [0.1, 0.15) is 54.1 Å². The minimum atomic E-state index is -0.468. The molecule has 1 saturated heterocycles. The number of aryl methyl sites for hydroxylation is 1. The SMILES string of the molecule is CCOC(=O)c1cccc(C)c1NC(=O)C[N+]1(CC(=O)OCc2ccccc2)CCCCCC1. The predicted octanol–water partition coefficient (Wildman–Crippen LogP) is 4.24. The van der Waals surface area contributed by atoms with Crippen LogP contribution in [0.5, 0.6) is 0 Å². The van der Waals surface area contributed by atoms with Crippen molar-refractivity contribution >= 4 is 23.5 Å². The van der Waals surface area contributed by atoms with E-state index in [1.165, 1.54) is 0 Å². The molecule has 1 amide bonds. The van der Waals surface area contributed by atoms with Crippen LogP contribution >= 0.6 is 0 Å². The van der Waals surface area contributed by atoms with E-state index in [2.05, 4.69) is 5.32 Å². The lowest BCUT2D eigenvalue weighted by Gasteiger charge is -2.36. The monoisotopic (exact) mass is 467 g/mol. The van der Waals surface area contributed by atoms with Gasteiger partial charge in [0.25, 0.3) is 5.91 Å². The molecular weight excluding hydrogens is 432 g/mol. The average Bonchev–Trinajstić information content (AvgIpc) is 3.05. The van der Waals surface area contributed by atoms with Gasteiger partial charge in [-0.25, -0.2) is 9.59 Å². The second kappa shape index (κ2) is 12.3. The molecule has 182 valence electrons. The highest BCUT2D eigenvalue weighted by Crippen LogP contribution is 2.23. The van der Waals surface area contributed by atoms with Crippen LogP contribution < -0.4 is 5.32 Å². The second-order valence-corrected chi connectivity index (χ2v) is 8.93. The molecule has 0 saturated carbocycles. The van der Waals surface area contributed by atoms with E-state index in [-0.39, 0.29) is 38.2 Å². The molecule has 1 N–H and O–H groups in total. The zero-order valence-electron chi connectivity index (χ0n) is 20.2. The van der Waals surface area contributed by atoms with Crippen LogP contribution in [0.3, 0.4) is 0 Å². The van der Waals surface area contributed by atoms with Crippen molar-refractivity contribution in [2.45, 2.75) is 46.1 Å². The maximum absolute atomic E-state index is 13.2. The van der Waals surface area contributed by atoms with Crippen molar-refractivity contribution in [3.05, 3.63) is 65.2 Å². The van der Waals surface area contributed by atoms with Gasteiger partial charge in [-0.05, 0) is 56.7 Å². The van der Waals surface area contributed by atoms with Gasteiger partial charge in [0, 0.05) is 0 Å². The third kappa shape index (κ3) is 7.15. The lowest BCUT2D eigenvalue weighted by molar-refractivity contribution is -0.913. The van der Waals surface area contributed by atoms with Gasteiger partial charge in [-0.2, -0.15) is 0 Å². The summed E-state index contributed by atoms with van der Waals surface area (Å²) in [5, 5.41) is 2.93. The molecule has 1 aliphatic rings. The molecule has 0 atom stereocenters. The number of hydrogen-bond acceptors (Lipinski definition) is 5. The van der Waals surface area contributed by atoms with Crippen LogP contribution in [-0.2, 0) is 25.7 Å². The Hall–Kier alpha value is -3.19. The number of anilines is 1. The number of hydrogen-bond donors (Lipinski definition) is 1. The lowest BCUT2D eigenvalue weighted by Crippen LogP contribution is -2.55. The standard InChI is InChI=1S/C27H34N2O5/c1-3-33-27(32)23-15-11-12-21(2)26(23)28-24(30)18-29(16-9-4-5-10-17-29)19-25(31)34-20-22-13-7-6-8-14-22/h6-8,11-15H,3-5,9-10,16-20H2,1-2H3/p+1. The maximum atomic E-state index is 13.2. The molecule has 1 heterocycles. The fourth-order valence-corrected chi connectivity index (χ4v) is 4.49. The Kier molecular flexibility index (Phi) is 9.22. The van der Waals surface area contributed by atoms with Crippen LogP contribution in [0.25, 0.3) is 0 Å². The Morgan fingerprint density at radius 2 is 1.59 bits per heavy atom. The van der Waals surface area contributed by atoms with Crippen LogP contribution in [0.2, 0.25) is 0 Å². The van der Waals surface area contributed by atoms with Crippen molar-refractivity contribution in [2.75, 3.05) is 38.1 Å². The molecule has 0 unspecified atom stereocenters. The van der Waals surface area contributed by atoms with Crippen molar-refractivity contribution in [3.8, 4) is 0 Å². The van der Waals surface area contributed by atoms with Crippen LogP contribution in [0, 0.1) is 6.92 Å². The molecule has 0 aromatic heterocycles. The number of carbonyl (C=O) groups is 3. The smallest absolute Gasteiger partial charge is 0.362 e. The van der Waals surface area contributed by atoms with Gasteiger partial charge >= 0.3 is 11.9 Å². The zero-order chi connectivity index (χ0) is 24.4. The van der Waals surface area contributed by atoms with E-state index in [0.717, 1.165) is 49.9 Å². The molecule has 3 rings (SSSR count). The number of likely N-dealkylation sites (tertiary alicyclic amines) is 1. The predicted molar refractivity (Wildman–Crippen MR) is 130 cm³/mol. The number of ether oxygens (including phenoxy) is 2. The number of quaternary nitrogens is 1. The minimum Gasteiger partial charge on any atom is -0.462 e. The molecule has 7 heteroatoms. The van der Waals surface area contributed by atoms with Crippen molar-refractivity contribution in [2.24, 2.45) is 0 Å². The Bertz CT molecular complexity index is 982. The topological polar surface area (TPSA) is 81.7 Å². The van der Waals surface area contributed by atoms with Gasteiger partial charge in [0.2, 0.25) is 0 Å². The number of benzene rings is 2. The van der Waals surface area contributed by atoms with Crippen molar-refractivity contribution in [1.29, 1.82) is 0 Å². The highest BCUT2D eigenvalue weighted by molar-refractivity contribution is 6.02. The minimum absolute atomic E-state index is 0.150. The maximum Gasteiger partial charge on any atom is 0.362 e. The van der Waals surface area contributed by atoms with Gasteiger partial charge < -0.3 is 19.3 Å². The largest absolute Gasteiger partial charge is 0.462 e. The molecule has 2 aromatic rings. The molecule has 0 radical (unpaired) electrons. The molecule has 34 heavy (non-hydrogen) atoms. The summed E-state index contributed by atoms with van der Waals surface area (Å²) in [5.74, 6) is -0.996. The van der Waals surface area contributed by atoms with Crippen molar-refractivity contribution in [3.63, 3.8) is 0 Å². The molecule has 0 aliphatic carbocycles. The van der Waals surface area contributed by atoms with E-state index in [1.54, 1.807) is 19.1 Å². The first-order chi connectivity index (χ1) is 16.4. The first-order valence-electron chi connectivity index (χ1n) is 12.0. The lowest BCUT2D eigenvalue weighted by atomic mass is 10.1. The summed E-state index contributed by atoms with van der Waals surface area (Å²) in [6.07, 6.45) is 4.09. The summed E-state index contributed by atoms with van der Waals surface area (Å²) < 4.78 is 11.1. The molecule has 7 nitrogen and oxygen atoms in total. The normalized spacial score (nSPS) is 15.1. The Labute approximate surface area is 201 Å². The molecule has 2 aromatic carbocycles. The van der Waals surface area contributed by atoms with Gasteiger partial charge in [0.05, 0.1) is 30.9 Å². The summed E-state index contributed by atoms with van der Waals surface area (Å²) in [6, 6.07) is 14.8. The second-order valence-electron chi connectivity index (χ2n) is 8.93. The van der Waals surface area contributed by atoms with Gasteiger partial charge in [-0.15, -0.1) is 0 Å². The average molecular weight is 468 g/mol. The van der Waals surface area contributed by atoms with E-state index < -0.39 is 5.97 Å². The van der Waals surface area contributed by atoms with Crippen molar-refractivity contribution in [1.82, 2.24) is 0 Å². The Morgan fingerprint density at radius 3 is 2.26 bits per heavy atom. The van der Waals surface area contributed by atoms with Gasteiger partial charge in [-0.1, -0.05) is 42.5 Å². The fourth-order valence-electron chi connectivity index (χ4n) is 4.49. The Balaban J connectivity index is 1.71. The number of esters is 2. The van der Waals surface area contributed by atoms with Gasteiger partial charge in [-0.3, -0.25) is 4.79 Å². The van der Waals surface area contributed by atoms with Gasteiger partial charge in [0.1, 0.15) is 6.61 Å². The third-order valence-corrected chi connectivity index (χ3v) is 6.23. The molecular formula is C27H35N2O5+. The van der Waals surface area contributed by atoms with E-state index in [0.29, 0.717) is 15.7 Å². The number of rotatable bonds is 9. The zero-order valence-corrected chi connectivity index (χ0v) is 20.2. The number of nitrogens with one attached hydrogen (secondary N) is 1. The number of nitrogens with zero attached hydrogens (tertiary/aromatic N) is 1. The van der Waals surface area contributed by atoms with E-state index in [4.69, 9.17) is 9.47 Å². The molecule has 0 bridgehead atoms. The van der Waals surface area contributed by atoms with E-state index in [9.17, 15) is 14.4 Å². The summed E-state index contributed by atoms with van der Waals surface area (Å²) in [6.45, 7) is 5.85. The highest BCUT2D eigenvalue weighted by Gasteiger charge is 2.35. The van der Waals surface area contributed by atoms with Crippen molar-refractivity contribution < 1.29 is 28.3 Å². The third-order valence-electron chi connectivity index (χ3n) is 6.23. The Morgan fingerprint density at radius 1 is 0.882 bits per heavy atom. The van der Waals surface area contributed by atoms with Gasteiger partial charge in [0.15, 0.2) is 13.1 Å². The van der Waals surface area contributed by atoms with E-state index in [1.807, 2.05) is 43.3 Å². The van der Waals surface area contributed by atoms with E-state index >= 15 is 0 Å². The summed E-state index contributed by atoms with van der Waals surface area (Å²) >= 11 is 0. The van der Waals surface area contributed by atoms with Crippen LogP contribution in [0.4, 0.5) is 5.69 Å². The van der Waals surface area contributed by atoms with Crippen LogP contribution in [0.15, 0.2) is 48.5 Å². The van der Waals surface area contributed by atoms with Crippen LogP contribution in [-0.4, -0.2) is 55.1 Å². The summed E-state index contributed by atoms with van der Waals surface area (Å²) in [7, 11) is 0. The fraction of sp³-hybridized carbons (Fsp3) is 0.444. The molecule has 0 spiro atoms. The molecule has 1 fully saturated rings. The number of carbonyl (C=O) groups excluding carboxylic acids is 3. The number of para-hydroxylation sites is 1. The first-order valence-corrected chi connectivity index (χ1v) is 12.0. The quantitative estimate of drug-likeness (QED) is 0.441.